The highest BCUT2D eigenvalue weighted by Gasteiger charge is 2.12. The quantitative estimate of drug-likeness (QED) is 0.192. The van der Waals surface area contributed by atoms with Crippen molar-refractivity contribution in [3.05, 3.63) is 100 Å². The maximum Gasteiger partial charge on any atom is 0.344 e. The van der Waals surface area contributed by atoms with E-state index in [2.05, 4.69) is 26.5 Å². The normalized spacial score (nSPS) is 11.0. The zero-order valence-electron chi connectivity index (χ0n) is 15.5. The van der Waals surface area contributed by atoms with Crippen LogP contribution in [0.5, 0.6) is 5.75 Å². The summed E-state index contributed by atoms with van der Waals surface area (Å²) in [6.07, 6.45) is 1.48. The molecule has 7 heteroatoms. The molecule has 148 valence electrons. The Balaban J connectivity index is 1.39. The zero-order chi connectivity index (χ0) is 20.9. The lowest BCUT2D eigenvalue weighted by Gasteiger charge is -2.07. The van der Waals surface area contributed by atoms with E-state index in [0.717, 1.165) is 16.3 Å². The van der Waals surface area contributed by atoms with E-state index in [-0.39, 0.29) is 5.76 Å². The molecule has 0 saturated heterocycles. The predicted molar refractivity (Wildman–Crippen MR) is 117 cm³/mol. The van der Waals surface area contributed by atoms with E-state index in [1.54, 1.807) is 36.4 Å². The molecule has 1 heterocycles. The third-order valence-electron chi connectivity index (χ3n) is 4.28. The van der Waals surface area contributed by atoms with Gasteiger partial charge in [0.05, 0.1) is 11.8 Å². The Kier molecular flexibility index (Phi) is 5.72. The van der Waals surface area contributed by atoms with Crippen LogP contribution in [0.1, 0.15) is 26.5 Å². The molecule has 0 saturated carbocycles. The second kappa shape index (κ2) is 8.75. The zero-order valence-corrected chi connectivity index (χ0v) is 17.1. The van der Waals surface area contributed by atoms with Crippen molar-refractivity contribution in [2.75, 3.05) is 0 Å². The molecule has 3 aromatic carbocycles. The number of fused-ring (bicyclic) bond motifs is 1. The maximum atomic E-state index is 12.6. The Morgan fingerprint density at radius 2 is 1.70 bits per heavy atom. The van der Waals surface area contributed by atoms with Crippen LogP contribution < -0.4 is 10.2 Å². The molecule has 1 aromatic heterocycles. The van der Waals surface area contributed by atoms with Gasteiger partial charge in [0, 0.05) is 0 Å². The van der Waals surface area contributed by atoms with Gasteiger partial charge in [-0.25, -0.2) is 10.2 Å². The second-order valence-electron chi connectivity index (χ2n) is 6.29. The number of amides is 1. The van der Waals surface area contributed by atoms with Gasteiger partial charge in [0.1, 0.15) is 5.75 Å². The highest BCUT2D eigenvalue weighted by atomic mass is 79.9. The first-order valence-electron chi connectivity index (χ1n) is 8.99. The van der Waals surface area contributed by atoms with Gasteiger partial charge in [-0.15, -0.1) is 0 Å². The van der Waals surface area contributed by atoms with Gasteiger partial charge in [-0.2, -0.15) is 5.10 Å². The van der Waals surface area contributed by atoms with Crippen LogP contribution >= 0.6 is 15.9 Å². The standard InChI is InChI=1S/C23H15BrN2O4/c24-21-13-12-20(30-21)22(27)26-25-14-15-8-10-17(11-9-15)29-23(28)19-7-3-5-16-4-1-2-6-18(16)19/h1-14H,(H,26,27)/b25-14+. The molecule has 0 spiro atoms. The van der Waals surface area contributed by atoms with Gasteiger partial charge in [0.25, 0.3) is 0 Å². The van der Waals surface area contributed by atoms with Crippen molar-refractivity contribution in [1.82, 2.24) is 5.43 Å². The number of furan rings is 1. The van der Waals surface area contributed by atoms with E-state index >= 15 is 0 Å². The van der Waals surface area contributed by atoms with Crippen molar-refractivity contribution < 1.29 is 18.7 Å². The van der Waals surface area contributed by atoms with Crippen LogP contribution in [0.3, 0.4) is 0 Å². The Morgan fingerprint density at radius 3 is 2.47 bits per heavy atom. The lowest BCUT2D eigenvalue weighted by Crippen LogP contribution is -2.16. The highest BCUT2D eigenvalue weighted by molar-refractivity contribution is 9.10. The molecule has 0 atom stereocenters. The average molecular weight is 463 g/mol. The van der Waals surface area contributed by atoms with Crippen LogP contribution in [-0.4, -0.2) is 18.1 Å². The number of ether oxygens (including phenoxy) is 1. The Hall–Kier alpha value is -3.71. The van der Waals surface area contributed by atoms with Crippen LogP contribution in [0.2, 0.25) is 0 Å². The molecule has 1 amide bonds. The largest absolute Gasteiger partial charge is 0.444 e. The number of carbonyl (C=O) groups excluding carboxylic acids is 2. The van der Waals surface area contributed by atoms with Crippen molar-refractivity contribution >= 4 is 44.8 Å². The molecular weight excluding hydrogens is 448 g/mol. The number of nitrogens with one attached hydrogen (secondary N) is 1. The van der Waals surface area contributed by atoms with Crippen LogP contribution in [0.4, 0.5) is 0 Å². The number of esters is 1. The van der Waals surface area contributed by atoms with Crippen LogP contribution in [0.25, 0.3) is 10.8 Å². The van der Waals surface area contributed by atoms with Gasteiger partial charge < -0.3 is 9.15 Å². The van der Waals surface area contributed by atoms with E-state index in [0.29, 0.717) is 16.0 Å². The topological polar surface area (TPSA) is 80.9 Å². The van der Waals surface area contributed by atoms with Crippen molar-refractivity contribution in [2.24, 2.45) is 5.10 Å². The summed E-state index contributed by atoms with van der Waals surface area (Å²) < 4.78 is 11.1. The van der Waals surface area contributed by atoms with Crippen molar-refractivity contribution in [2.45, 2.75) is 0 Å². The van der Waals surface area contributed by atoms with E-state index < -0.39 is 11.9 Å². The minimum Gasteiger partial charge on any atom is -0.444 e. The summed E-state index contributed by atoms with van der Waals surface area (Å²) in [5, 5.41) is 5.71. The summed E-state index contributed by atoms with van der Waals surface area (Å²) in [6, 6.07) is 23.1. The van der Waals surface area contributed by atoms with Crippen molar-refractivity contribution in [1.29, 1.82) is 0 Å². The van der Waals surface area contributed by atoms with Crippen LogP contribution in [0.15, 0.2) is 93.1 Å². The first kappa shape index (κ1) is 19.6. The molecule has 0 bridgehead atoms. The molecule has 30 heavy (non-hydrogen) atoms. The lowest BCUT2D eigenvalue weighted by atomic mass is 10.0. The Morgan fingerprint density at radius 1 is 0.933 bits per heavy atom. The summed E-state index contributed by atoms with van der Waals surface area (Å²) in [6.45, 7) is 0. The third-order valence-corrected chi connectivity index (χ3v) is 4.70. The monoisotopic (exact) mass is 462 g/mol. The van der Waals surface area contributed by atoms with Gasteiger partial charge in [-0.3, -0.25) is 4.79 Å². The molecule has 0 radical (unpaired) electrons. The summed E-state index contributed by atoms with van der Waals surface area (Å²) in [7, 11) is 0. The van der Waals surface area contributed by atoms with Gasteiger partial charge in [0.2, 0.25) is 0 Å². The molecule has 0 unspecified atom stereocenters. The van der Waals surface area contributed by atoms with Gasteiger partial charge in [-0.05, 0) is 74.7 Å². The highest BCUT2D eigenvalue weighted by Crippen LogP contribution is 2.21. The molecule has 0 aliphatic rings. The van der Waals surface area contributed by atoms with Crippen molar-refractivity contribution in [3.63, 3.8) is 0 Å². The fourth-order valence-electron chi connectivity index (χ4n) is 2.84. The van der Waals surface area contributed by atoms with Gasteiger partial charge >= 0.3 is 11.9 Å². The lowest BCUT2D eigenvalue weighted by molar-refractivity contribution is 0.0736. The van der Waals surface area contributed by atoms with Crippen molar-refractivity contribution in [3.8, 4) is 5.75 Å². The summed E-state index contributed by atoms with van der Waals surface area (Å²) in [5.41, 5.74) is 3.61. The summed E-state index contributed by atoms with van der Waals surface area (Å²) >= 11 is 3.13. The van der Waals surface area contributed by atoms with Crippen LogP contribution in [0, 0.1) is 0 Å². The number of benzene rings is 3. The van der Waals surface area contributed by atoms with E-state index in [9.17, 15) is 9.59 Å². The van der Waals surface area contributed by atoms with Gasteiger partial charge in [-0.1, -0.05) is 36.4 Å². The first-order chi connectivity index (χ1) is 14.6. The molecule has 6 nitrogen and oxygen atoms in total. The molecule has 1 N–H and O–H groups in total. The average Bonchev–Trinajstić information content (AvgIpc) is 3.21. The predicted octanol–water partition coefficient (Wildman–Crippen LogP) is 5.18. The minimum absolute atomic E-state index is 0.148. The molecule has 0 aliphatic carbocycles. The molecule has 0 aliphatic heterocycles. The fourth-order valence-corrected chi connectivity index (χ4v) is 3.15. The van der Waals surface area contributed by atoms with E-state index in [1.165, 1.54) is 12.3 Å². The molecule has 4 rings (SSSR count). The fraction of sp³-hybridized carbons (Fsp3) is 0. The summed E-state index contributed by atoms with van der Waals surface area (Å²) in [4.78, 5) is 24.4. The third kappa shape index (κ3) is 4.47. The van der Waals surface area contributed by atoms with Crippen LogP contribution in [-0.2, 0) is 0 Å². The molecule has 0 fully saturated rings. The minimum atomic E-state index is -0.461. The van der Waals surface area contributed by atoms with E-state index in [1.807, 2.05) is 36.4 Å². The smallest absolute Gasteiger partial charge is 0.344 e. The number of halogens is 1. The SMILES string of the molecule is O=C(N/N=C/c1ccc(OC(=O)c2cccc3ccccc23)cc1)c1ccc(Br)o1. The number of hydrazone groups is 1. The second-order valence-corrected chi connectivity index (χ2v) is 7.07. The molecular formula is C23H15BrN2O4. The Bertz CT molecular complexity index is 1240. The number of nitrogens with zero attached hydrogens (tertiary/aromatic N) is 1. The maximum absolute atomic E-state index is 12.6. The number of rotatable bonds is 5. The number of carbonyl (C=O) groups is 2. The molecule has 4 aromatic rings. The number of hydrogen-bond donors (Lipinski definition) is 1. The van der Waals surface area contributed by atoms with Gasteiger partial charge in [0.15, 0.2) is 10.4 Å². The van der Waals surface area contributed by atoms with E-state index in [4.69, 9.17) is 9.15 Å². The number of hydrogen-bond acceptors (Lipinski definition) is 5. The first-order valence-corrected chi connectivity index (χ1v) is 9.78. The summed E-state index contributed by atoms with van der Waals surface area (Å²) in [5.74, 6) is -0.327. The Labute approximate surface area is 180 Å².